The first-order valence-electron chi connectivity index (χ1n) is 11.5. The third-order valence-corrected chi connectivity index (χ3v) is 5.86. The van der Waals surface area contributed by atoms with Gasteiger partial charge >= 0.3 is 0 Å². The molecular weight excluding hydrogens is 436 g/mol. The van der Waals surface area contributed by atoms with Crippen molar-refractivity contribution in [1.82, 2.24) is 9.80 Å². The predicted molar refractivity (Wildman–Crippen MR) is 129 cm³/mol. The van der Waals surface area contributed by atoms with Crippen LogP contribution in [0.2, 0.25) is 0 Å². The van der Waals surface area contributed by atoms with Crippen molar-refractivity contribution in [3.63, 3.8) is 0 Å². The van der Waals surface area contributed by atoms with Gasteiger partial charge in [-0.25, -0.2) is 0 Å². The summed E-state index contributed by atoms with van der Waals surface area (Å²) in [6, 6.07) is 10.4. The van der Waals surface area contributed by atoms with E-state index in [9.17, 15) is 9.59 Å². The second-order valence-electron chi connectivity index (χ2n) is 8.55. The fraction of sp³-hybridized carbons (Fsp3) is 0.462. The molecule has 0 aromatic heterocycles. The quantitative estimate of drug-likeness (QED) is 0.556. The highest BCUT2D eigenvalue weighted by molar-refractivity contribution is 5.98. The minimum absolute atomic E-state index is 0.0962. The molecule has 2 aromatic carbocycles. The van der Waals surface area contributed by atoms with Crippen LogP contribution in [0, 0.1) is 5.92 Å². The first-order valence-corrected chi connectivity index (χ1v) is 11.5. The Balaban J connectivity index is 1.63. The molecule has 0 atom stereocenters. The van der Waals surface area contributed by atoms with Crippen molar-refractivity contribution in [2.45, 2.75) is 20.3 Å². The van der Waals surface area contributed by atoms with Crippen LogP contribution in [0.15, 0.2) is 36.4 Å². The zero-order chi connectivity index (χ0) is 24.7. The highest BCUT2D eigenvalue weighted by Gasteiger charge is 2.27. The lowest BCUT2D eigenvalue weighted by atomic mass is 10.1. The lowest BCUT2D eigenvalue weighted by Gasteiger charge is -2.35. The number of carbonyl (C=O) groups excluding carboxylic acids is 2. The van der Waals surface area contributed by atoms with Gasteiger partial charge in [0, 0.05) is 37.8 Å². The number of piperazine rings is 1. The number of benzene rings is 2. The van der Waals surface area contributed by atoms with Crippen molar-refractivity contribution >= 4 is 11.8 Å². The van der Waals surface area contributed by atoms with Crippen LogP contribution in [0.5, 0.6) is 23.0 Å². The summed E-state index contributed by atoms with van der Waals surface area (Å²) in [5.41, 5.74) is 1.01. The summed E-state index contributed by atoms with van der Waals surface area (Å²) in [7, 11) is 4.66. The molecule has 8 heteroatoms. The molecule has 0 spiro atoms. The van der Waals surface area contributed by atoms with E-state index in [4.69, 9.17) is 18.9 Å². The van der Waals surface area contributed by atoms with Crippen LogP contribution in [-0.4, -0.2) is 75.7 Å². The molecule has 8 nitrogen and oxygen atoms in total. The van der Waals surface area contributed by atoms with Crippen LogP contribution in [-0.2, 0) is 0 Å². The molecule has 2 amide bonds. The first kappa shape index (κ1) is 25.2. The van der Waals surface area contributed by atoms with Crippen LogP contribution in [0.25, 0.3) is 0 Å². The third kappa shape index (κ3) is 5.92. The summed E-state index contributed by atoms with van der Waals surface area (Å²) in [5, 5.41) is 0. The molecule has 2 aromatic rings. The highest BCUT2D eigenvalue weighted by atomic mass is 16.5. The fourth-order valence-electron chi connectivity index (χ4n) is 3.77. The van der Waals surface area contributed by atoms with Gasteiger partial charge in [0.25, 0.3) is 11.8 Å². The topological polar surface area (TPSA) is 77.5 Å². The van der Waals surface area contributed by atoms with Gasteiger partial charge in [-0.2, -0.15) is 0 Å². The lowest BCUT2D eigenvalue weighted by Crippen LogP contribution is -2.50. The van der Waals surface area contributed by atoms with Crippen molar-refractivity contribution in [2.75, 3.05) is 54.1 Å². The normalized spacial score (nSPS) is 13.6. The number of carbonyl (C=O) groups is 2. The summed E-state index contributed by atoms with van der Waals surface area (Å²) in [6.07, 6.45) is 0.940. The van der Waals surface area contributed by atoms with Crippen LogP contribution >= 0.6 is 0 Å². The Morgan fingerprint density at radius 1 is 0.794 bits per heavy atom. The number of rotatable bonds is 9. The number of hydrogen-bond donors (Lipinski definition) is 0. The summed E-state index contributed by atoms with van der Waals surface area (Å²) in [5.74, 6) is 2.57. The average molecular weight is 471 g/mol. The molecule has 34 heavy (non-hydrogen) atoms. The maximum atomic E-state index is 13.1. The Hall–Kier alpha value is -3.42. The molecule has 0 aliphatic carbocycles. The van der Waals surface area contributed by atoms with E-state index >= 15 is 0 Å². The van der Waals surface area contributed by atoms with E-state index in [1.165, 1.54) is 7.11 Å². The molecule has 0 radical (unpaired) electrons. The third-order valence-electron chi connectivity index (χ3n) is 5.86. The van der Waals surface area contributed by atoms with Crippen LogP contribution in [0.4, 0.5) is 0 Å². The van der Waals surface area contributed by atoms with Crippen LogP contribution in [0.1, 0.15) is 41.0 Å². The zero-order valence-corrected chi connectivity index (χ0v) is 20.6. The molecule has 1 aliphatic heterocycles. The molecular formula is C26H34N2O6. The minimum atomic E-state index is -0.129. The number of hydrogen-bond acceptors (Lipinski definition) is 6. The minimum Gasteiger partial charge on any atom is -0.497 e. The van der Waals surface area contributed by atoms with Crippen LogP contribution < -0.4 is 18.9 Å². The van der Waals surface area contributed by atoms with E-state index in [1.807, 2.05) is 0 Å². The van der Waals surface area contributed by atoms with Gasteiger partial charge in [-0.1, -0.05) is 13.8 Å². The fourth-order valence-corrected chi connectivity index (χ4v) is 3.77. The molecule has 0 bridgehead atoms. The van der Waals surface area contributed by atoms with Gasteiger partial charge in [-0.05, 0) is 42.7 Å². The second kappa shape index (κ2) is 11.6. The van der Waals surface area contributed by atoms with Crippen molar-refractivity contribution in [3.05, 3.63) is 47.5 Å². The summed E-state index contributed by atoms with van der Waals surface area (Å²) < 4.78 is 21.8. The molecule has 1 fully saturated rings. The second-order valence-corrected chi connectivity index (χ2v) is 8.55. The molecule has 0 unspecified atom stereocenters. The number of methoxy groups -OCH3 is 3. The first-order chi connectivity index (χ1) is 16.4. The Morgan fingerprint density at radius 3 is 2.03 bits per heavy atom. The monoisotopic (exact) mass is 470 g/mol. The van der Waals surface area contributed by atoms with E-state index in [0.29, 0.717) is 72.8 Å². The van der Waals surface area contributed by atoms with Gasteiger partial charge < -0.3 is 28.7 Å². The van der Waals surface area contributed by atoms with E-state index in [1.54, 1.807) is 60.4 Å². The van der Waals surface area contributed by atoms with Crippen molar-refractivity contribution in [2.24, 2.45) is 5.92 Å². The average Bonchev–Trinajstić information content (AvgIpc) is 2.87. The summed E-state index contributed by atoms with van der Waals surface area (Å²) >= 11 is 0. The van der Waals surface area contributed by atoms with Crippen molar-refractivity contribution < 1.29 is 28.5 Å². The smallest absolute Gasteiger partial charge is 0.257 e. The number of nitrogens with zero attached hydrogens (tertiary/aromatic N) is 2. The Morgan fingerprint density at radius 2 is 1.44 bits per heavy atom. The molecule has 3 rings (SSSR count). The van der Waals surface area contributed by atoms with Gasteiger partial charge in [0.1, 0.15) is 11.5 Å². The maximum absolute atomic E-state index is 13.1. The Labute approximate surface area is 201 Å². The largest absolute Gasteiger partial charge is 0.497 e. The molecule has 184 valence electrons. The molecule has 1 saturated heterocycles. The van der Waals surface area contributed by atoms with Gasteiger partial charge in [-0.3, -0.25) is 9.59 Å². The van der Waals surface area contributed by atoms with Crippen molar-refractivity contribution in [1.29, 1.82) is 0 Å². The van der Waals surface area contributed by atoms with Gasteiger partial charge in [-0.15, -0.1) is 0 Å². The Kier molecular flexibility index (Phi) is 8.62. The Bertz CT molecular complexity index is 999. The van der Waals surface area contributed by atoms with Gasteiger partial charge in [0.05, 0.1) is 33.5 Å². The predicted octanol–water partition coefficient (Wildman–Crippen LogP) is 3.74. The van der Waals surface area contributed by atoms with Gasteiger partial charge in [0.2, 0.25) is 0 Å². The van der Waals surface area contributed by atoms with Crippen molar-refractivity contribution in [3.8, 4) is 23.0 Å². The maximum Gasteiger partial charge on any atom is 0.257 e. The van der Waals surface area contributed by atoms with E-state index in [-0.39, 0.29) is 11.8 Å². The zero-order valence-electron chi connectivity index (χ0n) is 20.6. The molecule has 1 heterocycles. The van der Waals surface area contributed by atoms with E-state index < -0.39 is 0 Å². The number of amides is 2. The van der Waals surface area contributed by atoms with E-state index in [0.717, 1.165) is 6.42 Å². The van der Waals surface area contributed by atoms with E-state index in [2.05, 4.69) is 13.8 Å². The standard InChI is InChI=1S/C26H34N2O6/c1-18(2)10-15-34-22-9-6-19(16-24(22)33-5)25(29)27-11-13-28(14-12-27)26(30)21-8-7-20(31-3)17-23(21)32-4/h6-9,16-18H,10-15H2,1-5H3. The summed E-state index contributed by atoms with van der Waals surface area (Å²) in [4.78, 5) is 29.6. The highest BCUT2D eigenvalue weighted by Crippen LogP contribution is 2.30. The lowest BCUT2D eigenvalue weighted by molar-refractivity contribution is 0.0533. The molecule has 1 aliphatic rings. The summed E-state index contributed by atoms with van der Waals surface area (Å²) in [6.45, 7) is 6.64. The molecule has 0 N–H and O–H groups in total. The molecule has 0 saturated carbocycles. The van der Waals surface area contributed by atoms with Gasteiger partial charge in [0.15, 0.2) is 11.5 Å². The SMILES string of the molecule is COc1ccc(C(=O)N2CCN(C(=O)c3ccc(OCCC(C)C)c(OC)c3)CC2)c(OC)c1. The van der Waals surface area contributed by atoms with Crippen LogP contribution in [0.3, 0.4) is 0 Å². The number of ether oxygens (including phenoxy) is 4.